The molecule has 0 bridgehead atoms. The fourth-order valence-corrected chi connectivity index (χ4v) is 4.59. The zero-order valence-corrected chi connectivity index (χ0v) is 19.4. The maximum atomic E-state index is 13.2. The number of aromatic amines is 1. The molecule has 8 nitrogen and oxygen atoms in total. The van der Waals surface area contributed by atoms with Gasteiger partial charge in [0.25, 0.3) is 5.56 Å². The number of fused-ring (bicyclic) bond motifs is 2. The van der Waals surface area contributed by atoms with Crippen molar-refractivity contribution in [3.63, 3.8) is 0 Å². The smallest absolute Gasteiger partial charge is 0.276 e. The van der Waals surface area contributed by atoms with Gasteiger partial charge in [0.05, 0.1) is 24.0 Å². The number of nitrogens with one attached hydrogen (secondary N) is 1. The Morgan fingerprint density at radius 3 is 2.39 bits per heavy atom. The summed E-state index contributed by atoms with van der Waals surface area (Å²) in [6, 6.07) is 1.80. The van der Waals surface area contributed by atoms with E-state index in [1.54, 1.807) is 4.90 Å². The van der Waals surface area contributed by atoms with Crippen LogP contribution in [0, 0.1) is 10.8 Å². The predicted molar refractivity (Wildman–Crippen MR) is 118 cm³/mol. The van der Waals surface area contributed by atoms with Gasteiger partial charge >= 0.3 is 0 Å². The number of hydrogen-bond donors (Lipinski definition) is 1. The summed E-state index contributed by atoms with van der Waals surface area (Å²) in [6.07, 6.45) is 2.29. The van der Waals surface area contributed by atoms with Gasteiger partial charge in [-0.25, -0.2) is 9.50 Å². The standard InChI is InChI=1S/C23H33N5O3/c1-22(2,3)20(30)26-11-9-14-16(13-26)24-18-12-15(25-28(18)19(14)29)17-8-7-10-27(17)21(31)23(4,5)6/h12,17,25H,7-11,13H2,1-6H3/t17-/m1/s1. The number of carbonyl (C=O) groups excluding carboxylic acids is 2. The first-order valence-electron chi connectivity index (χ1n) is 11.1. The van der Waals surface area contributed by atoms with Crippen molar-refractivity contribution >= 4 is 17.5 Å². The van der Waals surface area contributed by atoms with Gasteiger partial charge < -0.3 is 9.80 Å². The molecule has 8 heteroatoms. The summed E-state index contributed by atoms with van der Waals surface area (Å²) < 4.78 is 1.49. The summed E-state index contributed by atoms with van der Waals surface area (Å²) >= 11 is 0. The van der Waals surface area contributed by atoms with Crippen LogP contribution in [0.25, 0.3) is 5.65 Å². The van der Waals surface area contributed by atoms with Crippen molar-refractivity contribution in [3.05, 3.63) is 33.4 Å². The van der Waals surface area contributed by atoms with E-state index in [9.17, 15) is 14.4 Å². The van der Waals surface area contributed by atoms with Crippen molar-refractivity contribution in [1.29, 1.82) is 0 Å². The van der Waals surface area contributed by atoms with Crippen LogP contribution >= 0.6 is 0 Å². The van der Waals surface area contributed by atoms with E-state index >= 15 is 0 Å². The number of carbonyl (C=O) groups is 2. The summed E-state index contributed by atoms with van der Waals surface area (Å²) in [4.78, 5) is 47.2. The molecule has 2 aromatic rings. The quantitative estimate of drug-likeness (QED) is 0.758. The molecule has 0 saturated carbocycles. The third-order valence-electron chi connectivity index (χ3n) is 6.23. The monoisotopic (exact) mass is 427 g/mol. The van der Waals surface area contributed by atoms with E-state index in [0.717, 1.165) is 25.1 Å². The van der Waals surface area contributed by atoms with Crippen LogP contribution in [0.3, 0.4) is 0 Å². The maximum Gasteiger partial charge on any atom is 0.276 e. The average Bonchev–Trinajstić information content (AvgIpc) is 3.31. The Kier molecular flexibility index (Phi) is 5.02. The lowest BCUT2D eigenvalue weighted by atomic mass is 9.93. The molecule has 2 aromatic heterocycles. The normalized spacial score (nSPS) is 19.7. The van der Waals surface area contributed by atoms with Crippen molar-refractivity contribution in [1.82, 2.24) is 24.4 Å². The van der Waals surface area contributed by atoms with Gasteiger partial charge in [0.2, 0.25) is 11.8 Å². The molecule has 4 heterocycles. The molecule has 1 saturated heterocycles. The van der Waals surface area contributed by atoms with Crippen molar-refractivity contribution < 1.29 is 9.59 Å². The second kappa shape index (κ2) is 7.21. The van der Waals surface area contributed by atoms with E-state index in [2.05, 4.69) is 5.10 Å². The number of H-pyrrole nitrogens is 1. The average molecular weight is 428 g/mol. The Hall–Kier alpha value is -2.64. The van der Waals surface area contributed by atoms with Gasteiger partial charge in [-0.3, -0.25) is 19.5 Å². The van der Waals surface area contributed by atoms with Crippen LogP contribution in [0.4, 0.5) is 0 Å². The second-order valence-corrected chi connectivity index (χ2v) is 10.9. The summed E-state index contributed by atoms with van der Waals surface area (Å²) in [5, 5.41) is 3.22. The summed E-state index contributed by atoms with van der Waals surface area (Å²) in [6.45, 7) is 13.1. The van der Waals surface area contributed by atoms with Gasteiger partial charge in [0.1, 0.15) is 0 Å². The van der Waals surface area contributed by atoms with Crippen LogP contribution < -0.4 is 5.56 Å². The van der Waals surface area contributed by atoms with Gasteiger partial charge in [-0.15, -0.1) is 0 Å². The molecule has 4 rings (SSSR count). The van der Waals surface area contributed by atoms with Crippen molar-refractivity contribution in [2.24, 2.45) is 10.8 Å². The molecule has 2 aliphatic rings. The molecule has 31 heavy (non-hydrogen) atoms. The van der Waals surface area contributed by atoms with Crippen LogP contribution in [0.15, 0.2) is 10.9 Å². The first-order valence-corrected chi connectivity index (χ1v) is 11.1. The number of likely N-dealkylation sites (tertiary alicyclic amines) is 1. The Labute approximate surface area is 182 Å². The fraction of sp³-hybridized carbons (Fsp3) is 0.652. The Morgan fingerprint density at radius 1 is 1.06 bits per heavy atom. The molecular weight excluding hydrogens is 394 g/mol. The lowest BCUT2D eigenvalue weighted by Crippen LogP contribution is -2.44. The molecule has 0 spiro atoms. The number of nitrogens with zero attached hydrogens (tertiary/aromatic N) is 4. The minimum Gasteiger partial charge on any atom is -0.336 e. The minimum atomic E-state index is -0.469. The molecule has 0 aliphatic carbocycles. The van der Waals surface area contributed by atoms with E-state index in [1.165, 1.54) is 4.52 Å². The lowest BCUT2D eigenvalue weighted by molar-refractivity contribution is -0.141. The van der Waals surface area contributed by atoms with Crippen LogP contribution in [-0.2, 0) is 22.6 Å². The summed E-state index contributed by atoms with van der Waals surface area (Å²) in [5.41, 5.74) is 1.69. The lowest BCUT2D eigenvalue weighted by Gasteiger charge is -2.32. The highest BCUT2D eigenvalue weighted by molar-refractivity contribution is 5.82. The van der Waals surface area contributed by atoms with E-state index in [-0.39, 0.29) is 23.4 Å². The molecule has 0 aromatic carbocycles. The minimum absolute atomic E-state index is 0.0668. The topological polar surface area (TPSA) is 90.8 Å². The third kappa shape index (κ3) is 3.77. The molecule has 1 atom stereocenters. The second-order valence-electron chi connectivity index (χ2n) is 10.9. The third-order valence-corrected chi connectivity index (χ3v) is 6.23. The van der Waals surface area contributed by atoms with Crippen molar-refractivity contribution in [3.8, 4) is 0 Å². The Balaban J connectivity index is 1.69. The summed E-state index contributed by atoms with van der Waals surface area (Å²) in [7, 11) is 0. The summed E-state index contributed by atoms with van der Waals surface area (Å²) in [5.74, 6) is 0.182. The zero-order chi connectivity index (χ0) is 22.7. The molecule has 2 aliphatic heterocycles. The van der Waals surface area contributed by atoms with Crippen LogP contribution in [0.5, 0.6) is 0 Å². The number of hydrogen-bond acceptors (Lipinski definition) is 4. The number of aromatic nitrogens is 3. The van der Waals surface area contributed by atoms with Gasteiger partial charge in [-0.2, -0.15) is 0 Å². The van der Waals surface area contributed by atoms with Gasteiger partial charge in [0.15, 0.2) is 5.65 Å². The molecule has 1 fully saturated rings. The fourth-order valence-electron chi connectivity index (χ4n) is 4.59. The zero-order valence-electron chi connectivity index (χ0n) is 19.4. The molecule has 0 radical (unpaired) electrons. The Bertz CT molecular complexity index is 1100. The number of amides is 2. The predicted octanol–water partition coefficient (Wildman–Crippen LogP) is 2.66. The highest BCUT2D eigenvalue weighted by Crippen LogP contribution is 2.35. The van der Waals surface area contributed by atoms with Gasteiger partial charge in [-0.1, -0.05) is 41.5 Å². The SMILES string of the molecule is CC(C)(C)C(=O)N1CCc2c(nc3cc([C@H]4CCCN4C(=O)C(C)(C)C)[nH]n3c2=O)C1. The highest BCUT2D eigenvalue weighted by atomic mass is 16.2. The van der Waals surface area contributed by atoms with Crippen LogP contribution in [0.1, 0.15) is 77.4 Å². The maximum absolute atomic E-state index is 13.2. The van der Waals surface area contributed by atoms with E-state index < -0.39 is 10.8 Å². The van der Waals surface area contributed by atoms with Gasteiger partial charge in [0, 0.05) is 35.5 Å². The van der Waals surface area contributed by atoms with Crippen molar-refractivity contribution in [2.75, 3.05) is 13.1 Å². The highest BCUT2D eigenvalue weighted by Gasteiger charge is 2.37. The Morgan fingerprint density at radius 2 is 1.74 bits per heavy atom. The molecule has 1 N–H and O–H groups in total. The van der Waals surface area contributed by atoms with Crippen LogP contribution in [-0.4, -0.2) is 49.3 Å². The van der Waals surface area contributed by atoms with Crippen molar-refractivity contribution in [2.45, 2.75) is 73.4 Å². The molecule has 168 valence electrons. The largest absolute Gasteiger partial charge is 0.336 e. The van der Waals surface area contributed by atoms with E-state index in [4.69, 9.17) is 4.98 Å². The first kappa shape index (κ1) is 21.6. The molecule has 0 unspecified atom stereocenters. The van der Waals surface area contributed by atoms with Crippen LogP contribution in [0.2, 0.25) is 0 Å². The molecule has 2 amide bonds. The molecular formula is C23H33N5O3. The van der Waals surface area contributed by atoms with E-state index in [1.807, 2.05) is 52.5 Å². The van der Waals surface area contributed by atoms with Gasteiger partial charge in [-0.05, 0) is 19.3 Å². The first-order chi connectivity index (χ1) is 14.4. The van der Waals surface area contributed by atoms with E-state index in [0.29, 0.717) is 36.4 Å². The number of rotatable bonds is 1.